The zero-order valence-corrected chi connectivity index (χ0v) is 42.4. The van der Waals surface area contributed by atoms with Crippen LogP contribution in [0.2, 0.25) is 0 Å². The standard InChI is InChI=1S/C52H100O12S/c1-3-5-7-9-11-13-15-17-19-21-22-23-24-25-27-29-31-33-35-37-39-41-48(54)62-46(45-61-52-50(56)51(64-65(57,58)59)49(55)47(43-53)63-52)44-60-42-40-38-36-34-32-30-28-26-20-18-16-14-12-10-8-6-4-2/h20,26,46-47,49-53,55-56H,3-19,21-25,27-45H2,1-2H3,(H,57,58,59)/b26-20-. The number of hydrogen-bond acceptors (Lipinski definition) is 11. The van der Waals surface area contributed by atoms with Crippen molar-refractivity contribution in [3.05, 3.63) is 12.2 Å². The van der Waals surface area contributed by atoms with Crippen molar-refractivity contribution in [3.8, 4) is 0 Å². The molecule has 1 fully saturated rings. The Morgan fingerprint density at radius 1 is 0.569 bits per heavy atom. The first-order valence-corrected chi connectivity index (χ1v) is 28.3. The lowest BCUT2D eigenvalue weighted by molar-refractivity contribution is -0.301. The van der Waals surface area contributed by atoms with E-state index >= 15 is 0 Å². The third-order valence-corrected chi connectivity index (χ3v) is 13.1. The van der Waals surface area contributed by atoms with E-state index in [1.54, 1.807) is 0 Å². The summed E-state index contributed by atoms with van der Waals surface area (Å²) in [7, 11) is -5.06. The van der Waals surface area contributed by atoms with Crippen LogP contribution in [0.4, 0.5) is 0 Å². The lowest BCUT2D eigenvalue weighted by Gasteiger charge is -2.41. The maximum Gasteiger partial charge on any atom is 0.397 e. The van der Waals surface area contributed by atoms with Gasteiger partial charge in [0, 0.05) is 13.0 Å². The lowest BCUT2D eigenvalue weighted by Crippen LogP contribution is -2.60. The highest BCUT2D eigenvalue weighted by molar-refractivity contribution is 7.80. The first-order chi connectivity index (χ1) is 31.6. The zero-order chi connectivity index (χ0) is 47.5. The van der Waals surface area contributed by atoms with Crippen LogP contribution in [0.1, 0.15) is 251 Å². The molecule has 0 saturated carbocycles. The molecule has 0 spiro atoms. The van der Waals surface area contributed by atoms with Gasteiger partial charge in [0.15, 0.2) is 6.29 Å². The van der Waals surface area contributed by atoms with Gasteiger partial charge in [-0.2, -0.15) is 8.42 Å². The molecule has 1 aliphatic heterocycles. The molecular weight excluding hydrogens is 849 g/mol. The molecular formula is C52H100O12S. The van der Waals surface area contributed by atoms with Crippen LogP contribution < -0.4 is 0 Å². The van der Waals surface area contributed by atoms with Crippen molar-refractivity contribution in [3.63, 3.8) is 0 Å². The van der Waals surface area contributed by atoms with E-state index in [9.17, 15) is 33.1 Å². The second kappa shape index (κ2) is 44.1. The van der Waals surface area contributed by atoms with Crippen LogP contribution in [-0.4, -0.2) is 97.5 Å². The molecule has 0 aromatic rings. The van der Waals surface area contributed by atoms with Crippen LogP contribution in [0.3, 0.4) is 0 Å². The van der Waals surface area contributed by atoms with E-state index in [0.717, 1.165) is 44.9 Å². The van der Waals surface area contributed by atoms with Gasteiger partial charge in [-0.15, -0.1) is 0 Å². The molecule has 0 radical (unpaired) electrons. The second-order valence-electron chi connectivity index (χ2n) is 18.8. The number of aliphatic hydroxyl groups is 3. The van der Waals surface area contributed by atoms with E-state index in [2.05, 4.69) is 30.2 Å². The van der Waals surface area contributed by atoms with Gasteiger partial charge in [-0.25, -0.2) is 4.18 Å². The Balaban J connectivity index is 2.32. The summed E-state index contributed by atoms with van der Waals surface area (Å²) < 4.78 is 59.3. The van der Waals surface area contributed by atoms with Crippen LogP contribution in [0, 0.1) is 0 Å². The van der Waals surface area contributed by atoms with Crippen LogP contribution in [0.5, 0.6) is 0 Å². The average Bonchev–Trinajstić information content (AvgIpc) is 3.28. The third-order valence-electron chi connectivity index (χ3n) is 12.6. The topological polar surface area (TPSA) is 178 Å². The Kier molecular flexibility index (Phi) is 41.9. The summed E-state index contributed by atoms with van der Waals surface area (Å²) in [6.45, 7) is 4.03. The molecule has 6 atom stereocenters. The number of unbranched alkanes of at least 4 members (excludes halogenated alkanes) is 33. The smallest absolute Gasteiger partial charge is 0.397 e. The van der Waals surface area contributed by atoms with Crippen LogP contribution in [0.15, 0.2) is 12.2 Å². The van der Waals surface area contributed by atoms with Gasteiger partial charge in [-0.3, -0.25) is 9.35 Å². The van der Waals surface area contributed by atoms with Gasteiger partial charge in [-0.1, -0.05) is 219 Å². The van der Waals surface area contributed by atoms with Crippen molar-refractivity contribution < 1.29 is 56.2 Å². The highest BCUT2D eigenvalue weighted by atomic mass is 32.3. The van der Waals surface area contributed by atoms with Gasteiger partial charge in [-0.05, 0) is 38.5 Å². The number of esters is 1. The number of rotatable bonds is 48. The van der Waals surface area contributed by atoms with Gasteiger partial charge < -0.3 is 34.3 Å². The quantitative estimate of drug-likeness (QED) is 0.0197. The SMILES string of the molecule is CCCCCCCCC/C=C\CCCCCCCCOCC(COC1OC(CO)C(O)C(OS(=O)(=O)O)C1O)OC(=O)CCCCCCCCCCCCCCCCCCCCCCC. The van der Waals surface area contributed by atoms with Crippen LogP contribution >= 0.6 is 0 Å². The normalized spacial score (nSPS) is 19.6. The fourth-order valence-electron chi connectivity index (χ4n) is 8.55. The minimum absolute atomic E-state index is 0.0378. The molecule has 4 N–H and O–H groups in total. The second-order valence-corrected chi connectivity index (χ2v) is 19.9. The van der Waals surface area contributed by atoms with Gasteiger partial charge in [0.25, 0.3) is 0 Å². The number of ether oxygens (including phenoxy) is 4. The van der Waals surface area contributed by atoms with Crippen molar-refractivity contribution >= 4 is 16.4 Å². The van der Waals surface area contributed by atoms with Gasteiger partial charge in [0.2, 0.25) is 0 Å². The molecule has 0 aromatic heterocycles. The van der Waals surface area contributed by atoms with E-state index in [1.165, 1.54) is 180 Å². The Bertz CT molecular complexity index is 1190. The largest absolute Gasteiger partial charge is 0.457 e. The predicted octanol–water partition coefficient (Wildman–Crippen LogP) is 12.6. The summed E-state index contributed by atoms with van der Waals surface area (Å²) in [5.74, 6) is -0.394. The molecule has 0 bridgehead atoms. The molecule has 13 heteroatoms. The molecule has 1 aliphatic rings. The lowest BCUT2D eigenvalue weighted by atomic mass is 9.99. The fraction of sp³-hybridized carbons (Fsp3) is 0.942. The monoisotopic (exact) mass is 949 g/mol. The first-order valence-electron chi connectivity index (χ1n) is 26.9. The van der Waals surface area contributed by atoms with E-state index in [0.29, 0.717) is 13.0 Å². The number of hydrogen-bond donors (Lipinski definition) is 4. The van der Waals surface area contributed by atoms with Crippen LogP contribution in [-0.2, 0) is 38.3 Å². The fourth-order valence-corrected chi connectivity index (χ4v) is 9.06. The molecule has 0 aromatic carbocycles. The van der Waals surface area contributed by atoms with Crippen molar-refractivity contribution in [1.29, 1.82) is 0 Å². The van der Waals surface area contributed by atoms with Crippen molar-refractivity contribution in [2.75, 3.05) is 26.4 Å². The number of aliphatic hydroxyl groups excluding tert-OH is 3. The summed E-state index contributed by atoms with van der Waals surface area (Å²) in [6.07, 6.45) is 41.0. The predicted molar refractivity (Wildman–Crippen MR) is 262 cm³/mol. The molecule has 1 saturated heterocycles. The summed E-state index contributed by atoms with van der Waals surface area (Å²) in [5.41, 5.74) is 0. The summed E-state index contributed by atoms with van der Waals surface area (Å²) in [5, 5.41) is 30.8. The van der Waals surface area contributed by atoms with E-state index in [-0.39, 0.29) is 19.6 Å². The van der Waals surface area contributed by atoms with Crippen molar-refractivity contribution in [2.45, 2.75) is 288 Å². The summed E-state index contributed by atoms with van der Waals surface area (Å²) in [6, 6.07) is 0. The summed E-state index contributed by atoms with van der Waals surface area (Å²) in [4.78, 5) is 12.9. The van der Waals surface area contributed by atoms with Gasteiger partial charge >= 0.3 is 16.4 Å². The van der Waals surface area contributed by atoms with E-state index in [1.807, 2.05) is 0 Å². The highest BCUT2D eigenvalue weighted by Crippen LogP contribution is 2.26. The maximum atomic E-state index is 12.9. The van der Waals surface area contributed by atoms with Crippen molar-refractivity contribution in [2.24, 2.45) is 0 Å². The Morgan fingerprint density at radius 2 is 0.969 bits per heavy atom. The number of carbonyl (C=O) groups is 1. The number of allylic oxidation sites excluding steroid dienone is 2. The molecule has 0 amide bonds. The Hall–Kier alpha value is -1.16. The molecule has 65 heavy (non-hydrogen) atoms. The Labute approximate surface area is 398 Å². The molecule has 0 aliphatic carbocycles. The molecule has 6 unspecified atom stereocenters. The minimum atomic E-state index is -5.06. The summed E-state index contributed by atoms with van der Waals surface area (Å²) >= 11 is 0. The minimum Gasteiger partial charge on any atom is -0.457 e. The van der Waals surface area contributed by atoms with Gasteiger partial charge in [0.05, 0.1) is 19.8 Å². The Morgan fingerprint density at radius 3 is 1.38 bits per heavy atom. The molecule has 386 valence electrons. The van der Waals surface area contributed by atoms with E-state index in [4.69, 9.17) is 18.9 Å². The van der Waals surface area contributed by atoms with E-state index < -0.39 is 59.8 Å². The number of carbonyl (C=O) groups excluding carboxylic acids is 1. The molecule has 1 rings (SSSR count). The average molecular weight is 949 g/mol. The molecule has 12 nitrogen and oxygen atoms in total. The zero-order valence-electron chi connectivity index (χ0n) is 41.6. The maximum absolute atomic E-state index is 12.9. The first kappa shape index (κ1) is 61.9. The third kappa shape index (κ3) is 37.4. The van der Waals surface area contributed by atoms with Gasteiger partial charge in [0.1, 0.15) is 30.5 Å². The van der Waals surface area contributed by atoms with Crippen LogP contribution in [0.25, 0.3) is 0 Å². The van der Waals surface area contributed by atoms with Crippen molar-refractivity contribution in [1.82, 2.24) is 0 Å². The highest BCUT2D eigenvalue weighted by Gasteiger charge is 2.48. The molecule has 1 heterocycles.